The number of amides is 1. The summed E-state index contributed by atoms with van der Waals surface area (Å²) in [6, 6.07) is 0. The van der Waals surface area contributed by atoms with E-state index in [4.69, 9.17) is 9.47 Å². The lowest BCUT2D eigenvalue weighted by atomic mass is 9.85. The number of ether oxygens (including phenoxy) is 2. The van der Waals surface area contributed by atoms with E-state index in [0.29, 0.717) is 32.3 Å². The van der Waals surface area contributed by atoms with Crippen LogP contribution in [-0.4, -0.2) is 39.4 Å². The molecule has 0 fully saturated rings. The van der Waals surface area contributed by atoms with E-state index in [1.165, 1.54) is 0 Å². The van der Waals surface area contributed by atoms with Gasteiger partial charge in [-0.1, -0.05) is 27.7 Å². The first-order valence-corrected chi connectivity index (χ1v) is 7.46. The Balaban J connectivity index is 4.11. The summed E-state index contributed by atoms with van der Waals surface area (Å²) in [7, 11) is 1.62. The highest BCUT2D eigenvalue weighted by atomic mass is 16.5. The average Bonchev–Trinajstić information content (AvgIpc) is 2.26. The molecule has 0 spiro atoms. The lowest BCUT2D eigenvalue weighted by Crippen LogP contribution is -2.41. The molecular formula is C16H33NO3. The third-order valence-electron chi connectivity index (χ3n) is 3.12. The maximum Gasteiger partial charge on any atom is 0.228 e. The van der Waals surface area contributed by atoms with Gasteiger partial charge in [-0.25, -0.2) is 0 Å². The van der Waals surface area contributed by atoms with Crippen molar-refractivity contribution in [3.63, 3.8) is 0 Å². The van der Waals surface area contributed by atoms with Gasteiger partial charge in [0.15, 0.2) is 0 Å². The molecule has 0 aromatic carbocycles. The fraction of sp³-hybridized carbons (Fsp3) is 0.938. The van der Waals surface area contributed by atoms with Crippen LogP contribution in [0.1, 0.15) is 48.0 Å². The molecule has 0 saturated heterocycles. The van der Waals surface area contributed by atoms with Gasteiger partial charge in [-0.15, -0.1) is 0 Å². The highest BCUT2D eigenvalue weighted by Gasteiger charge is 2.29. The summed E-state index contributed by atoms with van der Waals surface area (Å²) in [6.45, 7) is 14.9. The molecular weight excluding hydrogens is 254 g/mol. The molecule has 4 heteroatoms. The smallest absolute Gasteiger partial charge is 0.228 e. The van der Waals surface area contributed by atoms with Crippen molar-refractivity contribution < 1.29 is 14.3 Å². The maximum atomic E-state index is 12.0. The first-order chi connectivity index (χ1) is 9.10. The molecule has 0 aromatic heterocycles. The number of hydrogen-bond acceptors (Lipinski definition) is 3. The van der Waals surface area contributed by atoms with Crippen molar-refractivity contribution in [2.45, 2.75) is 48.0 Å². The van der Waals surface area contributed by atoms with Crippen LogP contribution in [0.25, 0.3) is 0 Å². The Hall–Kier alpha value is -0.610. The van der Waals surface area contributed by atoms with Gasteiger partial charge >= 0.3 is 0 Å². The van der Waals surface area contributed by atoms with Crippen LogP contribution in [-0.2, 0) is 14.3 Å². The quantitative estimate of drug-likeness (QED) is 0.629. The number of nitrogens with one attached hydrogen (secondary N) is 1. The van der Waals surface area contributed by atoms with Crippen LogP contribution in [0.5, 0.6) is 0 Å². The van der Waals surface area contributed by atoms with Crippen molar-refractivity contribution in [3.8, 4) is 0 Å². The monoisotopic (exact) mass is 287 g/mol. The first kappa shape index (κ1) is 19.4. The summed E-state index contributed by atoms with van der Waals surface area (Å²) in [5.74, 6) is 0.662. The number of carbonyl (C=O) groups is 1. The summed E-state index contributed by atoms with van der Waals surface area (Å²) < 4.78 is 10.7. The van der Waals surface area contributed by atoms with Crippen molar-refractivity contribution in [1.82, 2.24) is 5.32 Å². The van der Waals surface area contributed by atoms with Crippen molar-refractivity contribution in [2.75, 3.05) is 33.5 Å². The molecule has 0 aliphatic carbocycles. The number of methoxy groups -OCH3 is 1. The largest absolute Gasteiger partial charge is 0.383 e. The number of carbonyl (C=O) groups excluding carboxylic acids is 1. The third-order valence-corrected chi connectivity index (χ3v) is 3.12. The van der Waals surface area contributed by atoms with Gasteiger partial charge in [-0.2, -0.15) is 0 Å². The van der Waals surface area contributed by atoms with Gasteiger partial charge < -0.3 is 14.8 Å². The molecule has 0 rings (SSSR count). The van der Waals surface area contributed by atoms with E-state index in [1.807, 2.05) is 13.8 Å². The van der Waals surface area contributed by atoms with Crippen LogP contribution in [0.15, 0.2) is 0 Å². The van der Waals surface area contributed by atoms with Gasteiger partial charge in [0.25, 0.3) is 0 Å². The zero-order chi connectivity index (χ0) is 15.8. The zero-order valence-corrected chi connectivity index (χ0v) is 14.3. The molecule has 4 nitrogen and oxygen atoms in total. The van der Waals surface area contributed by atoms with E-state index < -0.39 is 5.41 Å². The Bertz CT molecular complexity index is 285. The van der Waals surface area contributed by atoms with E-state index in [-0.39, 0.29) is 11.3 Å². The van der Waals surface area contributed by atoms with Crippen molar-refractivity contribution in [1.29, 1.82) is 0 Å². The molecule has 0 saturated carbocycles. The van der Waals surface area contributed by atoms with Gasteiger partial charge in [0.05, 0.1) is 25.2 Å². The summed E-state index contributed by atoms with van der Waals surface area (Å²) in [5.41, 5.74) is -0.363. The standard InChI is InChI=1S/C16H33NO3/c1-13(2)10-15(3,4)11-20-12-16(5,6)14(18)17-8-9-19-7/h13H,8-12H2,1-7H3,(H,17,18). The van der Waals surface area contributed by atoms with Gasteiger partial charge in [0.2, 0.25) is 5.91 Å². The van der Waals surface area contributed by atoms with E-state index in [2.05, 4.69) is 33.0 Å². The van der Waals surface area contributed by atoms with Crippen LogP contribution in [0, 0.1) is 16.7 Å². The van der Waals surface area contributed by atoms with E-state index in [0.717, 1.165) is 6.42 Å². The lowest BCUT2D eigenvalue weighted by Gasteiger charge is -2.29. The molecule has 0 atom stereocenters. The zero-order valence-electron chi connectivity index (χ0n) is 14.3. The molecule has 120 valence electrons. The SMILES string of the molecule is COCCNC(=O)C(C)(C)COCC(C)(C)CC(C)C. The fourth-order valence-corrected chi connectivity index (χ4v) is 2.32. The topological polar surface area (TPSA) is 47.6 Å². The van der Waals surface area contributed by atoms with Crippen LogP contribution in [0.4, 0.5) is 0 Å². The predicted octanol–water partition coefficient (Wildman–Crippen LogP) is 2.86. The summed E-state index contributed by atoms with van der Waals surface area (Å²) in [6.07, 6.45) is 1.12. The van der Waals surface area contributed by atoms with Gasteiger partial charge in [-0.3, -0.25) is 4.79 Å². The molecule has 0 bridgehead atoms. The normalized spacial score (nSPS) is 12.8. The van der Waals surface area contributed by atoms with E-state index in [9.17, 15) is 4.79 Å². The summed E-state index contributed by atoms with van der Waals surface area (Å²) >= 11 is 0. The van der Waals surface area contributed by atoms with Crippen LogP contribution < -0.4 is 5.32 Å². The molecule has 0 aliphatic rings. The highest BCUT2D eigenvalue weighted by molar-refractivity contribution is 5.81. The Labute approximate surface area is 124 Å². The minimum atomic E-state index is -0.512. The van der Waals surface area contributed by atoms with Crippen molar-refractivity contribution in [2.24, 2.45) is 16.7 Å². The molecule has 0 radical (unpaired) electrons. The minimum absolute atomic E-state index is 0.0104. The second-order valence-electron chi connectivity index (χ2n) is 7.39. The van der Waals surface area contributed by atoms with Crippen molar-refractivity contribution >= 4 is 5.91 Å². The lowest BCUT2D eigenvalue weighted by molar-refractivity contribution is -0.133. The first-order valence-electron chi connectivity index (χ1n) is 7.46. The highest BCUT2D eigenvalue weighted by Crippen LogP contribution is 2.26. The Morgan fingerprint density at radius 2 is 1.75 bits per heavy atom. The molecule has 0 heterocycles. The van der Waals surface area contributed by atoms with Crippen LogP contribution >= 0.6 is 0 Å². The van der Waals surface area contributed by atoms with Gasteiger partial charge in [-0.05, 0) is 31.6 Å². The number of rotatable bonds is 10. The molecule has 1 amide bonds. The molecule has 1 N–H and O–H groups in total. The maximum absolute atomic E-state index is 12.0. The molecule has 0 aliphatic heterocycles. The van der Waals surface area contributed by atoms with Crippen LogP contribution in [0.3, 0.4) is 0 Å². The Kier molecular flexibility index (Phi) is 8.36. The second kappa shape index (κ2) is 8.63. The molecule has 0 unspecified atom stereocenters. The number of hydrogen-bond donors (Lipinski definition) is 1. The van der Waals surface area contributed by atoms with E-state index >= 15 is 0 Å². The Morgan fingerprint density at radius 1 is 1.15 bits per heavy atom. The molecule has 20 heavy (non-hydrogen) atoms. The van der Waals surface area contributed by atoms with Crippen molar-refractivity contribution in [3.05, 3.63) is 0 Å². The fourth-order valence-electron chi connectivity index (χ4n) is 2.32. The average molecular weight is 287 g/mol. The Morgan fingerprint density at radius 3 is 2.25 bits per heavy atom. The summed E-state index contributed by atoms with van der Waals surface area (Å²) in [5, 5.41) is 2.86. The van der Waals surface area contributed by atoms with Gasteiger partial charge in [0.1, 0.15) is 0 Å². The minimum Gasteiger partial charge on any atom is -0.383 e. The second-order valence-corrected chi connectivity index (χ2v) is 7.39. The van der Waals surface area contributed by atoms with Crippen LogP contribution in [0.2, 0.25) is 0 Å². The summed E-state index contributed by atoms with van der Waals surface area (Å²) in [4.78, 5) is 12.0. The van der Waals surface area contributed by atoms with E-state index in [1.54, 1.807) is 7.11 Å². The van der Waals surface area contributed by atoms with Gasteiger partial charge in [0, 0.05) is 13.7 Å². The molecule has 0 aromatic rings. The third kappa shape index (κ3) is 8.54. The predicted molar refractivity (Wildman–Crippen MR) is 82.7 cm³/mol.